The molecule has 5 nitrogen and oxygen atoms in total. The maximum atomic E-state index is 13.9. The fourth-order valence-corrected chi connectivity index (χ4v) is 6.16. The zero-order valence-corrected chi connectivity index (χ0v) is 20.2. The van der Waals surface area contributed by atoms with Crippen molar-refractivity contribution in [2.75, 3.05) is 4.90 Å². The fraction of sp³-hybridized carbons (Fsp3) is 0.179. The first-order chi connectivity index (χ1) is 16.9. The molecular formula is C28H20Cl2N2O3. The van der Waals surface area contributed by atoms with Gasteiger partial charge in [0.25, 0.3) is 0 Å². The van der Waals surface area contributed by atoms with Crippen molar-refractivity contribution in [1.29, 1.82) is 0 Å². The zero-order valence-electron chi connectivity index (χ0n) is 18.7. The van der Waals surface area contributed by atoms with E-state index in [2.05, 4.69) is 0 Å². The maximum absolute atomic E-state index is 13.9. The number of hydrogen-bond acceptors (Lipinski definition) is 4. The van der Waals surface area contributed by atoms with Crippen LogP contribution in [-0.2, 0) is 9.59 Å². The van der Waals surface area contributed by atoms with Crippen LogP contribution in [-0.4, -0.2) is 28.5 Å². The van der Waals surface area contributed by atoms with Gasteiger partial charge in [0.15, 0.2) is 5.78 Å². The summed E-state index contributed by atoms with van der Waals surface area (Å²) in [6, 6.07) is 18.4. The lowest BCUT2D eigenvalue weighted by atomic mass is 9.83. The van der Waals surface area contributed by atoms with Crippen LogP contribution < -0.4 is 4.90 Å². The highest BCUT2D eigenvalue weighted by atomic mass is 35.5. The minimum absolute atomic E-state index is 0.219. The lowest BCUT2D eigenvalue weighted by molar-refractivity contribution is -0.123. The molecule has 0 aliphatic carbocycles. The fourth-order valence-electron chi connectivity index (χ4n) is 5.65. The highest BCUT2D eigenvalue weighted by Gasteiger charge is 2.64. The number of carbonyl (C=O) groups is 3. The van der Waals surface area contributed by atoms with Crippen molar-refractivity contribution in [3.05, 3.63) is 105 Å². The van der Waals surface area contributed by atoms with E-state index in [0.717, 1.165) is 16.7 Å². The number of carbonyl (C=O) groups excluding carboxylic acids is 3. The van der Waals surface area contributed by atoms with Gasteiger partial charge in [0.1, 0.15) is 6.04 Å². The van der Waals surface area contributed by atoms with Crippen LogP contribution in [0.4, 0.5) is 5.69 Å². The van der Waals surface area contributed by atoms with Gasteiger partial charge in [-0.1, -0.05) is 65.2 Å². The Labute approximate surface area is 212 Å². The van der Waals surface area contributed by atoms with Crippen molar-refractivity contribution in [2.45, 2.75) is 19.0 Å². The van der Waals surface area contributed by atoms with Gasteiger partial charge in [0.05, 0.1) is 28.6 Å². The number of Topliss-reactive ketones (excluding diaryl/α,β-unsaturated/α-hetero) is 1. The molecule has 0 aromatic heterocycles. The third-order valence-electron chi connectivity index (χ3n) is 7.22. The van der Waals surface area contributed by atoms with E-state index in [1.807, 2.05) is 60.5 Å². The number of rotatable bonds is 3. The summed E-state index contributed by atoms with van der Waals surface area (Å²) in [5, 5.41) is 0.634. The average molecular weight is 503 g/mol. The van der Waals surface area contributed by atoms with Crippen molar-refractivity contribution in [1.82, 2.24) is 4.90 Å². The van der Waals surface area contributed by atoms with Crippen LogP contribution in [0.2, 0.25) is 10.0 Å². The molecule has 0 bridgehead atoms. The largest absolute Gasteiger partial charge is 0.358 e. The van der Waals surface area contributed by atoms with Gasteiger partial charge in [-0.25, -0.2) is 4.90 Å². The van der Waals surface area contributed by atoms with E-state index in [4.69, 9.17) is 23.2 Å². The summed E-state index contributed by atoms with van der Waals surface area (Å²) < 4.78 is 0. The molecule has 4 atom stereocenters. The van der Waals surface area contributed by atoms with E-state index in [0.29, 0.717) is 10.7 Å². The third-order valence-corrected chi connectivity index (χ3v) is 7.77. The maximum Gasteiger partial charge on any atom is 0.240 e. The van der Waals surface area contributed by atoms with Crippen LogP contribution >= 0.6 is 23.2 Å². The predicted molar refractivity (Wildman–Crippen MR) is 135 cm³/mol. The number of amides is 2. The SMILES string of the molecule is Cc1ccc(N2C(=O)[C@@H]3[C@H](C2=O)[C@H]2c4ccccc4C=CN2[C@@H]3C(=O)c2ccc(Cl)cc2Cl)cc1. The number of fused-ring (bicyclic) bond motifs is 5. The van der Waals surface area contributed by atoms with Gasteiger partial charge < -0.3 is 4.90 Å². The molecule has 3 aromatic carbocycles. The quantitative estimate of drug-likeness (QED) is 0.340. The molecule has 0 spiro atoms. The Hall–Kier alpha value is -3.41. The minimum atomic E-state index is -0.875. The molecule has 2 saturated heterocycles. The smallest absolute Gasteiger partial charge is 0.240 e. The lowest BCUT2D eigenvalue weighted by Crippen LogP contribution is -2.44. The van der Waals surface area contributed by atoms with Crippen LogP contribution in [0.15, 0.2) is 72.9 Å². The summed E-state index contributed by atoms with van der Waals surface area (Å²) in [4.78, 5) is 44.8. The first kappa shape index (κ1) is 22.1. The van der Waals surface area contributed by atoms with Crippen molar-refractivity contribution >= 4 is 52.6 Å². The number of benzene rings is 3. The first-order valence-electron chi connectivity index (χ1n) is 11.3. The van der Waals surface area contributed by atoms with Crippen molar-refractivity contribution in [3.63, 3.8) is 0 Å². The number of imide groups is 1. The van der Waals surface area contributed by atoms with Crippen LogP contribution in [0, 0.1) is 18.8 Å². The van der Waals surface area contributed by atoms with Gasteiger partial charge in [-0.05, 0) is 54.5 Å². The Morgan fingerprint density at radius 3 is 2.34 bits per heavy atom. The van der Waals surface area contributed by atoms with Gasteiger partial charge in [0, 0.05) is 16.8 Å². The van der Waals surface area contributed by atoms with Crippen LogP contribution in [0.25, 0.3) is 6.08 Å². The Kier molecular flexibility index (Phi) is 5.09. The lowest BCUT2D eigenvalue weighted by Gasteiger charge is -2.35. The standard InChI is InChI=1S/C28H20Cl2N2O3/c1-15-6-9-18(10-7-15)32-27(34)22-23(28(32)35)25(26(33)20-11-8-17(29)14-21(20)30)31-13-12-16-4-2-3-5-19(16)24(22)31/h2-14,22-25H,1H3/t22-,23+,24+,25-/m0/s1. The number of halogens is 2. The summed E-state index contributed by atoms with van der Waals surface area (Å²) in [6.07, 6.45) is 3.75. The highest BCUT2D eigenvalue weighted by Crippen LogP contribution is 2.53. The minimum Gasteiger partial charge on any atom is -0.358 e. The number of anilines is 1. The number of ketones is 1. The number of nitrogens with zero attached hydrogens (tertiary/aromatic N) is 2. The zero-order chi connectivity index (χ0) is 24.4. The summed E-state index contributed by atoms with van der Waals surface area (Å²) in [5.74, 6) is -2.51. The molecule has 3 heterocycles. The molecule has 2 amide bonds. The van der Waals surface area contributed by atoms with E-state index < -0.39 is 23.9 Å². The Balaban J connectivity index is 1.50. The van der Waals surface area contributed by atoms with E-state index in [1.54, 1.807) is 24.3 Å². The molecule has 0 saturated carbocycles. The molecule has 0 unspecified atom stereocenters. The topological polar surface area (TPSA) is 57.7 Å². The van der Waals surface area contributed by atoms with Gasteiger partial charge in [-0.2, -0.15) is 0 Å². The van der Waals surface area contributed by atoms with E-state index in [-0.39, 0.29) is 28.2 Å². The molecule has 6 rings (SSSR count). The third kappa shape index (κ3) is 3.26. The van der Waals surface area contributed by atoms with Gasteiger partial charge in [0.2, 0.25) is 11.8 Å². The second-order valence-corrected chi connectivity index (χ2v) is 10.0. The molecule has 35 heavy (non-hydrogen) atoms. The molecule has 2 fully saturated rings. The van der Waals surface area contributed by atoms with E-state index >= 15 is 0 Å². The van der Waals surface area contributed by atoms with E-state index in [9.17, 15) is 14.4 Å². The van der Waals surface area contributed by atoms with Crippen LogP contribution in [0.5, 0.6) is 0 Å². The molecular weight excluding hydrogens is 483 g/mol. The normalized spacial score (nSPS) is 24.4. The average Bonchev–Trinajstić information content (AvgIpc) is 3.32. The Morgan fingerprint density at radius 1 is 0.886 bits per heavy atom. The molecule has 3 aliphatic rings. The second-order valence-electron chi connectivity index (χ2n) is 9.17. The molecule has 3 aromatic rings. The molecule has 0 radical (unpaired) electrons. The number of hydrogen-bond donors (Lipinski definition) is 0. The second kappa shape index (κ2) is 8.08. The molecule has 3 aliphatic heterocycles. The first-order valence-corrected chi connectivity index (χ1v) is 12.1. The summed E-state index contributed by atoms with van der Waals surface area (Å²) >= 11 is 12.5. The monoisotopic (exact) mass is 502 g/mol. The van der Waals surface area contributed by atoms with Crippen molar-refractivity contribution in [2.24, 2.45) is 11.8 Å². The van der Waals surface area contributed by atoms with Gasteiger partial charge >= 0.3 is 0 Å². The molecule has 174 valence electrons. The summed E-state index contributed by atoms with van der Waals surface area (Å²) in [6.45, 7) is 1.94. The van der Waals surface area contributed by atoms with Crippen molar-refractivity contribution in [3.8, 4) is 0 Å². The Morgan fingerprint density at radius 2 is 1.60 bits per heavy atom. The van der Waals surface area contributed by atoms with Crippen LogP contribution in [0.3, 0.4) is 0 Å². The van der Waals surface area contributed by atoms with E-state index in [1.165, 1.54) is 11.0 Å². The summed E-state index contributed by atoms with van der Waals surface area (Å²) in [7, 11) is 0. The van der Waals surface area contributed by atoms with Crippen molar-refractivity contribution < 1.29 is 14.4 Å². The molecule has 7 heteroatoms. The predicted octanol–water partition coefficient (Wildman–Crippen LogP) is 5.70. The number of aryl methyl sites for hydroxylation is 1. The molecule has 0 N–H and O–H groups in total. The van der Waals surface area contributed by atoms with Gasteiger partial charge in [-0.15, -0.1) is 0 Å². The van der Waals surface area contributed by atoms with Crippen LogP contribution in [0.1, 0.15) is 33.1 Å². The Bertz CT molecular complexity index is 1430. The highest BCUT2D eigenvalue weighted by molar-refractivity contribution is 6.37. The summed E-state index contributed by atoms with van der Waals surface area (Å²) in [5.41, 5.74) is 3.72. The van der Waals surface area contributed by atoms with Gasteiger partial charge in [-0.3, -0.25) is 14.4 Å².